The van der Waals surface area contributed by atoms with Gasteiger partial charge in [0.1, 0.15) is 0 Å². The zero-order valence-corrected chi connectivity index (χ0v) is 10.3. The maximum Gasteiger partial charge on any atom is 0.306 e. The largest absolute Gasteiger partial charge is 0.481 e. The van der Waals surface area contributed by atoms with Crippen LogP contribution in [0, 0.1) is 11.8 Å². The Kier molecular flexibility index (Phi) is 3.38. The topological polar surface area (TPSA) is 69.6 Å². The van der Waals surface area contributed by atoms with Crippen molar-refractivity contribution in [1.29, 1.82) is 0 Å². The molecule has 1 aliphatic heterocycles. The van der Waals surface area contributed by atoms with Crippen LogP contribution in [0.5, 0.6) is 0 Å². The molecule has 0 radical (unpaired) electrons. The van der Waals surface area contributed by atoms with Gasteiger partial charge in [0.15, 0.2) is 0 Å². The van der Waals surface area contributed by atoms with Gasteiger partial charge in [0, 0.05) is 19.1 Å². The fraction of sp³-hybridized carbons (Fsp3) is 0.833. The molecule has 2 unspecified atom stereocenters. The van der Waals surface area contributed by atoms with Crippen molar-refractivity contribution < 1.29 is 14.7 Å². The maximum atomic E-state index is 11.8. The van der Waals surface area contributed by atoms with Crippen LogP contribution in [0.1, 0.15) is 26.7 Å². The molecule has 1 aliphatic carbocycles. The van der Waals surface area contributed by atoms with Crippen LogP contribution in [-0.4, -0.2) is 47.1 Å². The summed E-state index contributed by atoms with van der Waals surface area (Å²) in [6.45, 7) is 5.05. The van der Waals surface area contributed by atoms with Crippen molar-refractivity contribution in [3.8, 4) is 0 Å². The Morgan fingerprint density at radius 1 is 1.29 bits per heavy atom. The number of aliphatic carboxylic acids is 1. The number of hydrogen-bond acceptors (Lipinski definition) is 3. The second kappa shape index (κ2) is 4.64. The van der Waals surface area contributed by atoms with Crippen molar-refractivity contribution in [3.63, 3.8) is 0 Å². The number of carboxylic acids is 1. The van der Waals surface area contributed by atoms with Gasteiger partial charge in [-0.1, -0.05) is 6.92 Å². The van der Waals surface area contributed by atoms with Crippen LogP contribution in [0.15, 0.2) is 0 Å². The van der Waals surface area contributed by atoms with Gasteiger partial charge in [-0.05, 0) is 25.7 Å². The smallest absolute Gasteiger partial charge is 0.306 e. The molecule has 17 heavy (non-hydrogen) atoms. The van der Waals surface area contributed by atoms with Gasteiger partial charge in [-0.15, -0.1) is 0 Å². The molecule has 2 atom stereocenters. The summed E-state index contributed by atoms with van der Waals surface area (Å²) in [7, 11) is 0. The zero-order chi connectivity index (χ0) is 12.6. The fourth-order valence-corrected chi connectivity index (χ4v) is 2.10. The van der Waals surface area contributed by atoms with E-state index in [2.05, 4.69) is 5.32 Å². The van der Waals surface area contributed by atoms with Crippen LogP contribution in [0.3, 0.4) is 0 Å². The van der Waals surface area contributed by atoms with E-state index in [0.29, 0.717) is 19.1 Å². The molecule has 1 amide bonds. The molecular weight excluding hydrogens is 220 g/mol. The van der Waals surface area contributed by atoms with Crippen molar-refractivity contribution in [2.24, 2.45) is 11.8 Å². The van der Waals surface area contributed by atoms with E-state index in [0.717, 1.165) is 12.8 Å². The average Bonchev–Trinajstić information content (AvgIpc) is 2.98. The normalized spacial score (nSPS) is 24.8. The Morgan fingerprint density at radius 3 is 2.35 bits per heavy atom. The predicted molar refractivity (Wildman–Crippen MR) is 62.5 cm³/mol. The van der Waals surface area contributed by atoms with Crippen molar-refractivity contribution in [2.75, 3.05) is 13.1 Å². The monoisotopic (exact) mass is 240 g/mol. The second-order valence-electron chi connectivity index (χ2n) is 5.30. The summed E-state index contributed by atoms with van der Waals surface area (Å²) in [4.78, 5) is 24.6. The van der Waals surface area contributed by atoms with Crippen molar-refractivity contribution in [2.45, 2.75) is 38.8 Å². The lowest BCUT2D eigenvalue weighted by Gasteiger charge is -2.44. The Hall–Kier alpha value is -1.10. The molecule has 2 N–H and O–H groups in total. The van der Waals surface area contributed by atoms with E-state index in [4.69, 9.17) is 5.11 Å². The van der Waals surface area contributed by atoms with E-state index in [1.807, 2.05) is 11.8 Å². The van der Waals surface area contributed by atoms with Crippen molar-refractivity contribution in [1.82, 2.24) is 10.2 Å². The Bertz CT molecular complexity index is 322. The number of amides is 1. The molecule has 2 aliphatic rings. The summed E-state index contributed by atoms with van der Waals surface area (Å²) in [5, 5.41) is 11.9. The summed E-state index contributed by atoms with van der Waals surface area (Å²) in [5.41, 5.74) is 0. The van der Waals surface area contributed by atoms with Crippen LogP contribution < -0.4 is 5.32 Å². The number of rotatable bonds is 5. The van der Waals surface area contributed by atoms with Gasteiger partial charge < -0.3 is 10.4 Å². The molecule has 1 saturated carbocycles. The molecule has 96 valence electrons. The molecule has 0 aromatic carbocycles. The van der Waals surface area contributed by atoms with Gasteiger partial charge in [0.25, 0.3) is 0 Å². The highest BCUT2D eigenvalue weighted by Gasteiger charge is 2.39. The molecule has 5 heteroatoms. The van der Waals surface area contributed by atoms with E-state index in [9.17, 15) is 9.59 Å². The number of likely N-dealkylation sites (tertiary alicyclic amines) is 1. The summed E-state index contributed by atoms with van der Waals surface area (Å²) < 4.78 is 0. The number of carboxylic acid groups (broad SMARTS) is 1. The van der Waals surface area contributed by atoms with Crippen molar-refractivity contribution >= 4 is 11.9 Å². The Balaban J connectivity index is 1.74. The fourth-order valence-electron chi connectivity index (χ4n) is 2.10. The number of carbonyl (C=O) groups excluding carboxylic acids is 1. The van der Waals surface area contributed by atoms with Gasteiger partial charge in [-0.2, -0.15) is 0 Å². The molecule has 2 rings (SSSR count). The molecular formula is C12H20N2O3. The SMILES string of the molecule is CC(C(=O)O)C1CN(C(C)C(=O)NC2CC2)C1. The molecule has 2 fully saturated rings. The summed E-state index contributed by atoms with van der Waals surface area (Å²) >= 11 is 0. The van der Waals surface area contributed by atoms with E-state index in [-0.39, 0.29) is 23.8 Å². The van der Waals surface area contributed by atoms with E-state index in [1.165, 1.54) is 0 Å². The van der Waals surface area contributed by atoms with E-state index < -0.39 is 5.97 Å². The standard InChI is InChI=1S/C12H20N2O3/c1-7(12(16)17)9-5-14(6-9)8(2)11(15)13-10-3-4-10/h7-10H,3-6H2,1-2H3,(H,13,15)(H,16,17). The lowest BCUT2D eigenvalue weighted by atomic mass is 9.86. The van der Waals surface area contributed by atoms with Gasteiger partial charge >= 0.3 is 5.97 Å². The third-order valence-corrected chi connectivity index (χ3v) is 3.89. The molecule has 0 bridgehead atoms. The average molecular weight is 240 g/mol. The highest BCUT2D eigenvalue weighted by molar-refractivity contribution is 5.82. The quantitative estimate of drug-likeness (QED) is 0.725. The lowest BCUT2D eigenvalue weighted by Crippen LogP contribution is -2.58. The summed E-state index contributed by atoms with van der Waals surface area (Å²) in [6.07, 6.45) is 2.19. The van der Waals surface area contributed by atoms with Gasteiger partial charge in [-0.3, -0.25) is 14.5 Å². The first-order valence-electron chi connectivity index (χ1n) is 6.26. The summed E-state index contributed by atoms with van der Waals surface area (Å²) in [6, 6.07) is 0.257. The molecule has 1 saturated heterocycles. The third-order valence-electron chi connectivity index (χ3n) is 3.89. The second-order valence-corrected chi connectivity index (χ2v) is 5.30. The Morgan fingerprint density at radius 2 is 1.88 bits per heavy atom. The van der Waals surface area contributed by atoms with Crippen LogP contribution in [0.4, 0.5) is 0 Å². The highest BCUT2D eigenvalue weighted by Crippen LogP contribution is 2.26. The maximum absolute atomic E-state index is 11.8. The first-order chi connectivity index (χ1) is 7.99. The minimum Gasteiger partial charge on any atom is -0.481 e. The Labute approximate surface area is 101 Å². The zero-order valence-electron chi connectivity index (χ0n) is 10.3. The lowest BCUT2D eigenvalue weighted by molar-refractivity contribution is -0.146. The number of nitrogens with one attached hydrogen (secondary N) is 1. The minimum absolute atomic E-state index is 0.0777. The van der Waals surface area contributed by atoms with Gasteiger partial charge in [0.05, 0.1) is 12.0 Å². The number of carbonyl (C=O) groups is 2. The first kappa shape index (κ1) is 12.4. The van der Waals surface area contributed by atoms with Crippen molar-refractivity contribution in [3.05, 3.63) is 0 Å². The predicted octanol–water partition coefficient (Wildman–Crippen LogP) is 0.306. The number of hydrogen-bond donors (Lipinski definition) is 2. The molecule has 1 heterocycles. The number of nitrogens with zero attached hydrogens (tertiary/aromatic N) is 1. The third kappa shape index (κ3) is 2.77. The van der Waals surface area contributed by atoms with Gasteiger partial charge in [-0.25, -0.2) is 0 Å². The van der Waals surface area contributed by atoms with Crippen LogP contribution in [0.2, 0.25) is 0 Å². The highest BCUT2D eigenvalue weighted by atomic mass is 16.4. The van der Waals surface area contributed by atoms with Crippen LogP contribution in [0.25, 0.3) is 0 Å². The van der Waals surface area contributed by atoms with E-state index >= 15 is 0 Å². The minimum atomic E-state index is -0.746. The van der Waals surface area contributed by atoms with Crippen LogP contribution >= 0.6 is 0 Å². The molecule has 0 aromatic rings. The van der Waals surface area contributed by atoms with Crippen LogP contribution in [-0.2, 0) is 9.59 Å². The van der Waals surface area contributed by atoms with Gasteiger partial charge in [0.2, 0.25) is 5.91 Å². The molecule has 5 nitrogen and oxygen atoms in total. The van der Waals surface area contributed by atoms with E-state index in [1.54, 1.807) is 6.92 Å². The molecule has 0 spiro atoms. The summed E-state index contributed by atoms with van der Waals surface area (Å²) in [5.74, 6) is -0.799. The first-order valence-corrected chi connectivity index (χ1v) is 6.26. The molecule has 0 aromatic heterocycles.